The largest absolute Gasteiger partial charge is 0.378 e. The molecule has 102 valence electrons. The number of hydrogen-bond acceptors (Lipinski definition) is 3. The molecule has 2 aromatic rings. The van der Waals surface area contributed by atoms with Crippen molar-refractivity contribution in [2.24, 2.45) is 0 Å². The van der Waals surface area contributed by atoms with E-state index in [-0.39, 0.29) is 5.78 Å². The third kappa shape index (κ3) is 3.90. The summed E-state index contributed by atoms with van der Waals surface area (Å²) in [6.45, 7) is 0. The molecule has 0 aliphatic carbocycles. The number of ketones is 1. The number of carbonyl (C=O) groups excluding carboxylic acids is 1. The Bertz CT molecular complexity index is 616. The zero-order valence-corrected chi connectivity index (χ0v) is 13.5. The molecule has 4 heteroatoms. The maximum absolute atomic E-state index is 12.0. The highest BCUT2D eigenvalue weighted by atomic mass is 127. The van der Waals surface area contributed by atoms with Gasteiger partial charge in [-0.1, -0.05) is 18.2 Å². The van der Waals surface area contributed by atoms with Gasteiger partial charge in [-0.25, -0.2) is 4.98 Å². The number of hydrogen-bond donors (Lipinski definition) is 0. The molecule has 0 saturated heterocycles. The molecule has 0 aliphatic heterocycles. The lowest BCUT2D eigenvalue weighted by Crippen LogP contribution is -2.07. The van der Waals surface area contributed by atoms with Gasteiger partial charge in [0, 0.05) is 31.5 Å². The number of carbonyl (C=O) groups is 1. The fourth-order valence-electron chi connectivity index (χ4n) is 1.67. The van der Waals surface area contributed by atoms with Crippen molar-refractivity contribution >= 4 is 40.1 Å². The first-order chi connectivity index (χ1) is 9.56. The van der Waals surface area contributed by atoms with Crippen LogP contribution in [0.5, 0.6) is 0 Å². The first-order valence-electron chi connectivity index (χ1n) is 6.17. The fourth-order valence-corrected chi connectivity index (χ4v) is 1.99. The third-order valence-electron chi connectivity index (χ3n) is 2.85. The van der Waals surface area contributed by atoms with Crippen molar-refractivity contribution < 1.29 is 4.79 Å². The van der Waals surface area contributed by atoms with E-state index in [0.29, 0.717) is 5.56 Å². The molecule has 20 heavy (non-hydrogen) atoms. The van der Waals surface area contributed by atoms with Crippen LogP contribution in [0.2, 0.25) is 0 Å². The summed E-state index contributed by atoms with van der Waals surface area (Å²) in [6.07, 6.45) is 5.00. The molecule has 1 aromatic carbocycles. The van der Waals surface area contributed by atoms with Crippen LogP contribution in [0, 0.1) is 3.70 Å². The number of nitrogens with zero attached hydrogens (tertiary/aromatic N) is 2. The van der Waals surface area contributed by atoms with Crippen molar-refractivity contribution in [2.75, 3.05) is 19.0 Å². The maximum Gasteiger partial charge on any atom is 0.187 e. The van der Waals surface area contributed by atoms with E-state index < -0.39 is 0 Å². The van der Waals surface area contributed by atoms with Crippen LogP contribution >= 0.6 is 22.6 Å². The van der Waals surface area contributed by atoms with Crippen LogP contribution in [0.4, 0.5) is 5.69 Å². The molecule has 0 amide bonds. The summed E-state index contributed by atoms with van der Waals surface area (Å²) in [5.41, 5.74) is 2.74. The van der Waals surface area contributed by atoms with Crippen molar-refractivity contribution in [3.63, 3.8) is 0 Å². The van der Waals surface area contributed by atoms with Gasteiger partial charge in [-0.15, -0.1) is 0 Å². The van der Waals surface area contributed by atoms with Crippen LogP contribution < -0.4 is 4.90 Å². The standard InChI is InChI=1S/C16H15IN2O/c1-19(2)14-7-3-12(4-8-14)5-9-15(20)13-6-10-16(17)18-11-13/h3-11H,1-2H3/b9-5+. The minimum absolute atomic E-state index is 0.0365. The third-order valence-corrected chi connectivity index (χ3v) is 3.49. The molecule has 0 radical (unpaired) electrons. The Kier molecular flexibility index (Phi) is 4.89. The van der Waals surface area contributed by atoms with Gasteiger partial charge in [0.2, 0.25) is 0 Å². The molecule has 1 aromatic heterocycles. The number of allylic oxidation sites excluding steroid dienone is 1. The molecule has 0 fully saturated rings. The number of pyridine rings is 1. The van der Waals surface area contributed by atoms with Gasteiger partial charge in [0.05, 0.1) is 0 Å². The summed E-state index contributed by atoms with van der Waals surface area (Å²) < 4.78 is 0.877. The summed E-state index contributed by atoms with van der Waals surface area (Å²) >= 11 is 2.11. The second kappa shape index (κ2) is 6.65. The van der Waals surface area contributed by atoms with E-state index in [0.717, 1.165) is 15.0 Å². The van der Waals surface area contributed by atoms with Gasteiger partial charge in [0.15, 0.2) is 5.78 Å². The quantitative estimate of drug-likeness (QED) is 0.353. The molecule has 0 saturated carbocycles. The van der Waals surface area contributed by atoms with E-state index in [4.69, 9.17) is 0 Å². The maximum atomic E-state index is 12.0. The van der Waals surface area contributed by atoms with E-state index in [2.05, 4.69) is 27.6 Å². The van der Waals surface area contributed by atoms with Gasteiger partial charge in [0.1, 0.15) is 3.70 Å². The molecule has 0 aliphatic rings. The van der Waals surface area contributed by atoms with Crippen LogP contribution in [0.15, 0.2) is 48.7 Å². The van der Waals surface area contributed by atoms with Crippen molar-refractivity contribution in [1.82, 2.24) is 4.98 Å². The van der Waals surface area contributed by atoms with Crippen molar-refractivity contribution in [3.8, 4) is 0 Å². The van der Waals surface area contributed by atoms with Crippen LogP contribution in [0.1, 0.15) is 15.9 Å². The molecule has 0 spiro atoms. The Morgan fingerprint density at radius 3 is 2.40 bits per heavy atom. The van der Waals surface area contributed by atoms with E-state index in [1.807, 2.05) is 55.4 Å². The molecule has 0 N–H and O–H groups in total. The average Bonchev–Trinajstić information content (AvgIpc) is 2.46. The molecule has 3 nitrogen and oxygen atoms in total. The van der Waals surface area contributed by atoms with E-state index in [9.17, 15) is 4.79 Å². The van der Waals surface area contributed by atoms with Crippen molar-refractivity contribution in [2.45, 2.75) is 0 Å². The Morgan fingerprint density at radius 1 is 1.15 bits per heavy atom. The molecular formula is C16H15IN2O. The predicted molar refractivity (Wildman–Crippen MR) is 91.1 cm³/mol. The first-order valence-corrected chi connectivity index (χ1v) is 7.25. The fraction of sp³-hybridized carbons (Fsp3) is 0.125. The summed E-state index contributed by atoms with van der Waals surface area (Å²) in [6, 6.07) is 11.6. The van der Waals surface area contributed by atoms with Crippen LogP contribution in [0.3, 0.4) is 0 Å². The molecule has 0 unspecified atom stereocenters. The van der Waals surface area contributed by atoms with Crippen molar-refractivity contribution in [3.05, 3.63) is 63.5 Å². The number of halogens is 1. The molecule has 0 bridgehead atoms. The molecule has 2 rings (SSSR count). The van der Waals surface area contributed by atoms with Gasteiger partial charge in [-0.3, -0.25) is 4.79 Å². The number of anilines is 1. The summed E-state index contributed by atoms with van der Waals surface area (Å²) in [5, 5.41) is 0. The minimum Gasteiger partial charge on any atom is -0.378 e. The number of aromatic nitrogens is 1. The van der Waals surface area contributed by atoms with Gasteiger partial charge in [-0.2, -0.15) is 0 Å². The SMILES string of the molecule is CN(C)c1ccc(/C=C/C(=O)c2ccc(I)nc2)cc1. The molecular weight excluding hydrogens is 363 g/mol. The normalized spacial score (nSPS) is 10.8. The second-order valence-electron chi connectivity index (χ2n) is 4.55. The average molecular weight is 378 g/mol. The van der Waals surface area contributed by atoms with Gasteiger partial charge in [-0.05, 0) is 58.5 Å². The Hall–Kier alpha value is -1.69. The zero-order chi connectivity index (χ0) is 14.5. The van der Waals surface area contributed by atoms with Crippen LogP contribution in [0.25, 0.3) is 6.08 Å². The molecule has 0 atom stereocenters. The summed E-state index contributed by atoms with van der Waals surface area (Å²) in [7, 11) is 4.00. The predicted octanol–water partition coefficient (Wildman–Crippen LogP) is 3.65. The van der Waals surface area contributed by atoms with E-state index >= 15 is 0 Å². The summed E-state index contributed by atoms with van der Waals surface area (Å²) in [4.78, 5) is 18.1. The lowest BCUT2D eigenvalue weighted by molar-refractivity contribution is 0.104. The van der Waals surface area contributed by atoms with Crippen LogP contribution in [-0.4, -0.2) is 24.9 Å². The first kappa shape index (κ1) is 14.7. The Balaban J connectivity index is 2.08. The zero-order valence-electron chi connectivity index (χ0n) is 11.4. The van der Waals surface area contributed by atoms with Gasteiger partial charge in [0.25, 0.3) is 0 Å². The smallest absolute Gasteiger partial charge is 0.187 e. The Morgan fingerprint density at radius 2 is 1.85 bits per heavy atom. The minimum atomic E-state index is -0.0365. The van der Waals surface area contributed by atoms with E-state index in [1.54, 1.807) is 18.3 Å². The van der Waals surface area contributed by atoms with Crippen LogP contribution in [-0.2, 0) is 0 Å². The summed E-state index contributed by atoms with van der Waals surface area (Å²) in [5.74, 6) is -0.0365. The van der Waals surface area contributed by atoms with E-state index in [1.165, 1.54) is 0 Å². The lowest BCUT2D eigenvalue weighted by Gasteiger charge is -2.11. The monoisotopic (exact) mass is 378 g/mol. The highest BCUT2D eigenvalue weighted by Crippen LogP contribution is 2.13. The Labute approximate surface area is 132 Å². The highest BCUT2D eigenvalue weighted by molar-refractivity contribution is 14.1. The second-order valence-corrected chi connectivity index (χ2v) is 5.66. The van der Waals surface area contributed by atoms with Crippen molar-refractivity contribution in [1.29, 1.82) is 0 Å². The lowest BCUT2D eigenvalue weighted by atomic mass is 10.1. The van der Waals surface area contributed by atoms with Gasteiger partial charge >= 0.3 is 0 Å². The highest BCUT2D eigenvalue weighted by Gasteiger charge is 2.01. The van der Waals surface area contributed by atoms with Gasteiger partial charge < -0.3 is 4.90 Å². The number of benzene rings is 1. The topological polar surface area (TPSA) is 33.2 Å². The number of rotatable bonds is 4. The molecule has 1 heterocycles.